The monoisotopic (exact) mass is 370 g/mol. The summed E-state index contributed by atoms with van der Waals surface area (Å²) in [4.78, 5) is 0. The van der Waals surface area contributed by atoms with Gasteiger partial charge in [0.05, 0.1) is 0 Å². The van der Waals surface area contributed by atoms with E-state index in [0.29, 0.717) is 20.1 Å². The summed E-state index contributed by atoms with van der Waals surface area (Å²) in [6, 6.07) is 8.50. The molecule has 2 rings (SSSR count). The maximum Gasteiger partial charge on any atom is 0.124 e. The van der Waals surface area contributed by atoms with E-state index < -0.39 is 0 Å². The highest BCUT2D eigenvalue weighted by Crippen LogP contribution is 2.19. The summed E-state index contributed by atoms with van der Waals surface area (Å²) in [5, 5.41) is 0. The minimum Gasteiger partial charge on any atom is -0.207 e. The molecule has 2 aromatic rings. The van der Waals surface area contributed by atoms with Crippen molar-refractivity contribution in [1.82, 2.24) is 0 Å². The van der Waals surface area contributed by atoms with Gasteiger partial charge >= 0.3 is 0 Å². The number of rotatable bonds is 0. The Balaban J connectivity index is 2.42. The molecular formula is C14H6Br2F2. The lowest BCUT2D eigenvalue weighted by atomic mass is 10.2. The summed E-state index contributed by atoms with van der Waals surface area (Å²) in [5.74, 6) is 4.89. The summed E-state index contributed by atoms with van der Waals surface area (Å²) >= 11 is 6.56. The van der Waals surface area contributed by atoms with E-state index in [1.54, 1.807) is 12.1 Å². The van der Waals surface area contributed by atoms with Crippen LogP contribution in [0.3, 0.4) is 0 Å². The van der Waals surface area contributed by atoms with Crippen LogP contribution >= 0.6 is 31.9 Å². The maximum absolute atomic E-state index is 13.1. The quantitative estimate of drug-likeness (QED) is 0.578. The first-order valence-corrected chi connectivity index (χ1v) is 6.57. The maximum atomic E-state index is 13.1. The van der Waals surface area contributed by atoms with Crippen LogP contribution in [-0.2, 0) is 0 Å². The van der Waals surface area contributed by atoms with Crippen LogP contribution in [0.4, 0.5) is 8.78 Å². The van der Waals surface area contributed by atoms with Gasteiger partial charge in [-0.2, -0.15) is 0 Å². The van der Waals surface area contributed by atoms with Gasteiger partial charge in [-0.05, 0) is 68.3 Å². The molecule has 0 heterocycles. The molecule has 0 aliphatic carbocycles. The molecule has 0 nitrogen and oxygen atoms in total. The smallest absolute Gasteiger partial charge is 0.124 e. The third-order valence-electron chi connectivity index (χ3n) is 2.19. The molecule has 0 radical (unpaired) electrons. The number of benzene rings is 2. The van der Waals surface area contributed by atoms with Gasteiger partial charge in [0.15, 0.2) is 0 Å². The second-order valence-electron chi connectivity index (χ2n) is 3.50. The highest BCUT2D eigenvalue weighted by molar-refractivity contribution is 9.10. The van der Waals surface area contributed by atoms with Gasteiger partial charge < -0.3 is 0 Å². The molecule has 0 aromatic heterocycles. The van der Waals surface area contributed by atoms with E-state index in [4.69, 9.17) is 0 Å². The van der Waals surface area contributed by atoms with Crippen LogP contribution < -0.4 is 0 Å². The molecule has 18 heavy (non-hydrogen) atoms. The van der Waals surface area contributed by atoms with Gasteiger partial charge in [0.25, 0.3) is 0 Å². The fourth-order valence-corrected chi connectivity index (χ4v) is 2.01. The number of halogens is 4. The minimum absolute atomic E-state index is 0.360. The first kappa shape index (κ1) is 13.3. The Morgan fingerprint density at radius 1 is 0.722 bits per heavy atom. The van der Waals surface area contributed by atoms with Crippen LogP contribution in [-0.4, -0.2) is 0 Å². The zero-order valence-corrected chi connectivity index (χ0v) is 12.1. The fraction of sp³-hybridized carbons (Fsp3) is 0. The average molecular weight is 372 g/mol. The van der Waals surface area contributed by atoms with Crippen molar-refractivity contribution < 1.29 is 8.78 Å². The van der Waals surface area contributed by atoms with E-state index in [1.165, 1.54) is 24.3 Å². The van der Waals surface area contributed by atoms with Gasteiger partial charge in [-0.15, -0.1) is 0 Å². The molecule has 0 aliphatic heterocycles. The van der Waals surface area contributed by atoms with Crippen LogP contribution in [0.5, 0.6) is 0 Å². The Kier molecular flexibility index (Phi) is 4.15. The third kappa shape index (κ3) is 3.18. The van der Waals surface area contributed by atoms with E-state index in [1.807, 2.05) is 0 Å². The lowest BCUT2D eigenvalue weighted by molar-refractivity contribution is 0.626. The Bertz CT molecular complexity index is 599. The van der Waals surface area contributed by atoms with Crippen molar-refractivity contribution in [3.8, 4) is 11.8 Å². The molecule has 90 valence electrons. The van der Waals surface area contributed by atoms with Gasteiger partial charge in [-0.25, -0.2) is 8.78 Å². The molecule has 0 unspecified atom stereocenters. The molecule has 0 saturated heterocycles. The minimum atomic E-state index is -0.360. The van der Waals surface area contributed by atoms with E-state index in [2.05, 4.69) is 43.7 Å². The lowest BCUT2D eigenvalue weighted by Crippen LogP contribution is -1.83. The molecule has 0 aliphatic rings. The van der Waals surface area contributed by atoms with Crippen molar-refractivity contribution in [2.45, 2.75) is 0 Å². The first-order valence-electron chi connectivity index (χ1n) is 4.98. The van der Waals surface area contributed by atoms with Crippen LogP contribution in [0, 0.1) is 23.5 Å². The summed E-state index contributed by atoms with van der Waals surface area (Å²) in [6.07, 6.45) is 0. The van der Waals surface area contributed by atoms with Gasteiger partial charge in [0.1, 0.15) is 11.6 Å². The second-order valence-corrected chi connectivity index (χ2v) is 5.21. The van der Waals surface area contributed by atoms with Crippen LogP contribution in [0.25, 0.3) is 0 Å². The zero-order chi connectivity index (χ0) is 13.1. The van der Waals surface area contributed by atoms with Gasteiger partial charge in [0.2, 0.25) is 0 Å². The Labute approximate surface area is 120 Å². The van der Waals surface area contributed by atoms with E-state index in [9.17, 15) is 8.78 Å². The predicted octanol–water partition coefficient (Wildman–Crippen LogP) is 4.89. The van der Waals surface area contributed by atoms with E-state index >= 15 is 0 Å². The molecular weight excluding hydrogens is 366 g/mol. The van der Waals surface area contributed by atoms with Gasteiger partial charge in [-0.1, -0.05) is 11.8 Å². The molecule has 0 amide bonds. The normalized spacial score (nSPS) is 9.78. The Morgan fingerprint density at radius 3 is 1.50 bits per heavy atom. The van der Waals surface area contributed by atoms with Gasteiger partial charge in [-0.3, -0.25) is 0 Å². The molecule has 0 atom stereocenters. The topological polar surface area (TPSA) is 0 Å². The number of hydrogen-bond donors (Lipinski definition) is 0. The fourth-order valence-electron chi connectivity index (χ4n) is 1.32. The number of hydrogen-bond acceptors (Lipinski definition) is 0. The molecule has 0 N–H and O–H groups in total. The largest absolute Gasteiger partial charge is 0.207 e. The van der Waals surface area contributed by atoms with Gasteiger partial charge in [0, 0.05) is 20.1 Å². The van der Waals surface area contributed by atoms with Crippen molar-refractivity contribution in [3.63, 3.8) is 0 Å². The van der Waals surface area contributed by atoms with Crippen LogP contribution in [0.15, 0.2) is 45.3 Å². The summed E-state index contributed by atoms with van der Waals surface area (Å²) < 4.78 is 27.5. The standard InChI is InChI=1S/C14H6Br2F2/c15-13-5-3-11(17)7-9(13)1-2-10-8-12(18)4-6-14(10)16/h3-8H. The molecule has 0 fully saturated rings. The SMILES string of the molecule is Fc1ccc(Br)c(C#Cc2cc(F)ccc2Br)c1. The third-order valence-corrected chi connectivity index (χ3v) is 3.57. The first-order chi connectivity index (χ1) is 8.56. The zero-order valence-electron chi connectivity index (χ0n) is 8.98. The van der Waals surface area contributed by atoms with Crippen molar-refractivity contribution in [3.05, 3.63) is 68.1 Å². The van der Waals surface area contributed by atoms with E-state index in [0.717, 1.165) is 0 Å². The van der Waals surface area contributed by atoms with Crippen LogP contribution in [0.2, 0.25) is 0 Å². The summed E-state index contributed by atoms with van der Waals surface area (Å²) in [6.45, 7) is 0. The lowest BCUT2D eigenvalue weighted by Gasteiger charge is -1.97. The van der Waals surface area contributed by atoms with Crippen molar-refractivity contribution in [2.75, 3.05) is 0 Å². The molecule has 0 bridgehead atoms. The second kappa shape index (κ2) is 5.64. The van der Waals surface area contributed by atoms with Crippen molar-refractivity contribution >= 4 is 31.9 Å². The Hall–Kier alpha value is -1.18. The highest BCUT2D eigenvalue weighted by Gasteiger charge is 2.00. The molecule has 0 saturated carbocycles. The predicted molar refractivity (Wildman–Crippen MR) is 74.2 cm³/mol. The highest BCUT2D eigenvalue weighted by atomic mass is 79.9. The average Bonchev–Trinajstić information content (AvgIpc) is 2.34. The summed E-state index contributed by atoms with van der Waals surface area (Å²) in [5.41, 5.74) is 1.04. The molecule has 0 spiro atoms. The van der Waals surface area contributed by atoms with E-state index in [-0.39, 0.29) is 11.6 Å². The molecule has 4 heteroatoms. The Morgan fingerprint density at radius 2 is 1.11 bits per heavy atom. The molecule has 2 aromatic carbocycles. The summed E-state index contributed by atoms with van der Waals surface area (Å²) in [7, 11) is 0. The van der Waals surface area contributed by atoms with Crippen molar-refractivity contribution in [2.24, 2.45) is 0 Å². The van der Waals surface area contributed by atoms with Crippen LogP contribution in [0.1, 0.15) is 11.1 Å². The van der Waals surface area contributed by atoms with Crippen molar-refractivity contribution in [1.29, 1.82) is 0 Å².